The number of aromatic nitrogens is 2. The zero-order valence-electron chi connectivity index (χ0n) is 20.3. The fourth-order valence-electron chi connectivity index (χ4n) is 4.75. The number of esters is 1. The second-order valence-corrected chi connectivity index (χ2v) is 9.51. The summed E-state index contributed by atoms with van der Waals surface area (Å²) in [5.41, 5.74) is 1.69. The number of carbonyl (C=O) groups is 1. The molecule has 0 spiro atoms. The van der Waals surface area contributed by atoms with Gasteiger partial charge < -0.3 is 4.74 Å². The number of nitrogens with zero attached hydrogens (tertiary/aromatic N) is 2. The lowest BCUT2D eigenvalue weighted by molar-refractivity contribution is -0.140. The summed E-state index contributed by atoms with van der Waals surface area (Å²) in [4.78, 5) is 21.4. The number of halogens is 1. The van der Waals surface area contributed by atoms with Gasteiger partial charge in [0.25, 0.3) is 0 Å². The van der Waals surface area contributed by atoms with Crippen LogP contribution in [-0.2, 0) is 11.2 Å². The summed E-state index contributed by atoms with van der Waals surface area (Å²) in [5.74, 6) is 0.186. The SMILES string of the molecule is CCCCCCCCc1cnc(-c2ccc(OC(=O)[C@H]3CC[C@H](CCC)CC3)c(F)c2)nc1. The molecule has 33 heavy (non-hydrogen) atoms. The van der Waals surface area contributed by atoms with E-state index in [2.05, 4.69) is 23.8 Å². The van der Waals surface area contributed by atoms with Gasteiger partial charge in [-0.2, -0.15) is 0 Å². The van der Waals surface area contributed by atoms with E-state index in [1.54, 1.807) is 6.07 Å². The van der Waals surface area contributed by atoms with Crippen molar-refractivity contribution in [2.45, 2.75) is 97.3 Å². The van der Waals surface area contributed by atoms with E-state index in [4.69, 9.17) is 4.74 Å². The molecule has 3 rings (SSSR count). The molecule has 1 heterocycles. The molecule has 0 N–H and O–H groups in total. The summed E-state index contributed by atoms with van der Waals surface area (Å²) in [7, 11) is 0. The number of hydrogen-bond donors (Lipinski definition) is 0. The van der Waals surface area contributed by atoms with Crippen LogP contribution < -0.4 is 4.74 Å². The molecule has 0 amide bonds. The largest absolute Gasteiger partial charge is 0.423 e. The highest BCUT2D eigenvalue weighted by atomic mass is 19.1. The number of ether oxygens (including phenoxy) is 1. The van der Waals surface area contributed by atoms with Crippen LogP contribution in [0.25, 0.3) is 11.4 Å². The molecule has 4 nitrogen and oxygen atoms in total. The predicted molar refractivity (Wildman–Crippen MR) is 130 cm³/mol. The molecule has 0 atom stereocenters. The number of rotatable bonds is 12. The van der Waals surface area contributed by atoms with Crippen molar-refractivity contribution in [3.8, 4) is 17.1 Å². The minimum absolute atomic E-state index is 0.0147. The third-order valence-corrected chi connectivity index (χ3v) is 6.80. The molecule has 180 valence electrons. The highest BCUT2D eigenvalue weighted by Crippen LogP contribution is 2.33. The van der Waals surface area contributed by atoms with Crippen LogP contribution in [0.15, 0.2) is 30.6 Å². The molecule has 1 aliphatic rings. The van der Waals surface area contributed by atoms with Crippen LogP contribution >= 0.6 is 0 Å². The van der Waals surface area contributed by atoms with Crippen molar-refractivity contribution in [2.75, 3.05) is 0 Å². The molecule has 0 bridgehead atoms. The normalized spacial score (nSPS) is 18.3. The molecule has 0 saturated heterocycles. The molecule has 0 unspecified atom stereocenters. The summed E-state index contributed by atoms with van der Waals surface area (Å²) in [6.45, 7) is 4.42. The second kappa shape index (κ2) is 13.4. The van der Waals surface area contributed by atoms with Gasteiger partial charge in [-0.25, -0.2) is 14.4 Å². The maximum Gasteiger partial charge on any atom is 0.314 e. The van der Waals surface area contributed by atoms with Crippen LogP contribution in [0.1, 0.15) is 96.5 Å². The second-order valence-electron chi connectivity index (χ2n) is 9.51. The van der Waals surface area contributed by atoms with E-state index in [1.807, 2.05) is 12.4 Å². The third kappa shape index (κ3) is 7.90. The van der Waals surface area contributed by atoms with E-state index >= 15 is 0 Å². The first kappa shape index (κ1) is 25.3. The van der Waals surface area contributed by atoms with E-state index in [9.17, 15) is 9.18 Å². The smallest absolute Gasteiger partial charge is 0.314 e. The van der Waals surface area contributed by atoms with Crippen molar-refractivity contribution in [3.05, 3.63) is 42.0 Å². The molecular formula is C28H39FN2O2. The zero-order valence-corrected chi connectivity index (χ0v) is 20.3. The van der Waals surface area contributed by atoms with Crippen molar-refractivity contribution >= 4 is 5.97 Å². The number of aryl methyl sites for hydroxylation is 1. The maximum absolute atomic E-state index is 14.7. The molecular weight excluding hydrogens is 415 g/mol. The Bertz CT molecular complexity index is 861. The Labute approximate surface area is 198 Å². The highest BCUT2D eigenvalue weighted by molar-refractivity contribution is 5.75. The standard InChI is InChI=1S/C28H39FN2O2/c1-3-5-6-7-8-9-11-22-19-30-27(31-20-22)24-16-17-26(25(29)18-24)33-28(32)23-14-12-21(10-4-2)13-15-23/h16-21,23H,3-15H2,1-2H3/t21-,23-. The van der Waals surface area contributed by atoms with Crippen molar-refractivity contribution < 1.29 is 13.9 Å². The van der Waals surface area contributed by atoms with Crippen LogP contribution in [0.3, 0.4) is 0 Å². The molecule has 1 aromatic carbocycles. The number of hydrogen-bond acceptors (Lipinski definition) is 4. The summed E-state index contributed by atoms with van der Waals surface area (Å²) in [6.07, 6.45) is 18.3. The summed E-state index contributed by atoms with van der Waals surface area (Å²) in [6, 6.07) is 4.58. The first-order valence-corrected chi connectivity index (χ1v) is 12.9. The lowest BCUT2D eigenvalue weighted by Gasteiger charge is -2.26. The molecule has 1 aromatic heterocycles. The van der Waals surface area contributed by atoms with E-state index in [1.165, 1.54) is 57.1 Å². The minimum Gasteiger partial charge on any atom is -0.423 e. The Morgan fingerprint density at radius 1 is 0.970 bits per heavy atom. The Morgan fingerprint density at radius 3 is 2.33 bits per heavy atom. The number of benzene rings is 1. The van der Waals surface area contributed by atoms with E-state index in [0.717, 1.165) is 44.1 Å². The summed E-state index contributed by atoms with van der Waals surface area (Å²) >= 11 is 0. The Hall–Kier alpha value is -2.30. The summed E-state index contributed by atoms with van der Waals surface area (Å²) in [5, 5.41) is 0. The van der Waals surface area contributed by atoms with Crippen molar-refractivity contribution in [3.63, 3.8) is 0 Å². The van der Waals surface area contributed by atoms with Gasteiger partial charge in [0.2, 0.25) is 0 Å². The molecule has 1 fully saturated rings. The van der Waals surface area contributed by atoms with Gasteiger partial charge in [0, 0.05) is 18.0 Å². The Balaban J connectivity index is 1.50. The molecule has 1 saturated carbocycles. The number of carbonyl (C=O) groups excluding carboxylic acids is 1. The molecule has 1 aliphatic carbocycles. The average molecular weight is 455 g/mol. The molecule has 0 radical (unpaired) electrons. The Kier molecular flexibility index (Phi) is 10.3. The predicted octanol–water partition coefficient (Wildman–Crippen LogP) is 7.70. The Morgan fingerprint density at radius 2 is 1.67 bits per heavy atom. The topological polar surface area (TPSA) is 52.1 Å². The van der Waals surface area contributed by atoms with Crippen molar-refractivity contribution in [2.24, 2.45) is 11.8 Å². The molecule has 0 aliphatic heterocycles. The first-order valence-electron chi connectivity index (χ1n) is 12.9. The highest BCUT2D eigenvalue weighted by Gasteiger charge is 2.28. The van der Waals surface area contributed by atoms with Crippen LogP contribution in [0.5, 0.6) is 5.75 Å². The first-order chi connectivity index (χ1) is 16.1. The van der Waals surface area contributed by atoms with Gasteiger partial charge in [-0.3, -0.25) is 4.79 Å². The number of unbranched alkanes of at least 4 members (excludes halogenated alkanes) is 5. The van der Waals surface area contributed by atoms with Crippen molar-refractivity contribution in [1.82, 2.24) is 9.97 Å². The monoisotopic (exact) mass is 454 g/mol. The average Bonchev–Trinajstić information content (AvgIpc) is 2.83. The van der Waals surface area contributed by atoms with Gasteiger partial charge in [-0.15, -0.1) is 0 Å². The lowest BCUT2D eigenvalue weighted by Crippen LogP contribution is -2.26. The minimum atomic E-state index is -0.555. The fourth-order valence-corrected chi connectivity index (χ4v) is 4.75. The van der Waals surface area contributed by atoms with Crippen LogP contribution in [0.4, 0.5) is 4.39 Å². The molecule has 5 heteroatoms. The van der Waals surface area contributed by atoms with Gasteiger partial charge >= 0.3 is 5.97 Å². The van der Waals surface area contributed by atoms with E-state index < -0.39 is 5.82 Å². The maximum atomic E-state index is 14.7. The van der Waals surface area contributed by atoms with Gasteiger partial charge in [-0.1, -0.05) is 58.8 Å². The van der Waals surface area contributed by atoms with Gasteiger partial charge in [0.05, 0.1) is 5.92 Å². The van der Waals surface area contributed by atoms with Crippen LogP contribution in [0, 0.1) is 17.7 Å². The third-order valence-electron chi connectivity index (χ3n) is 6.80. The van der Waals surface area contributed by atoms with Crippen LogP contribution in [-0.4, -0.2) is 15.9 Å². The van der Waals surface area contributed by atoms with Gasteiger partial charge in [-0.05, 0) is 68.2 Å². The summed E-state index contributed by atoms with van der Waals surface area (Å²) < 4.78 is 20.1. The molecule has 2 aromatic rings. The van der Waals surface area contributed by atoms with Gasteiger partial charge in [0.15, 0.2) is 17.4 Å². The quantitative estimate of drug-likeness (QED) is 0.187. The van der Waals surface area contributed by atoms with Gasteiger partial charge in [0.1, 0.15) is 0 Å². The fraction of sp³-hybridized carbons (Fsp3) is 0.607. The van der Waals surface area contributed by atoms with E-state index in [0.29, 0.717) is 17.3 Å². The van der Waals surface area contributed by atoms with E-state index in [-0.39, 0.29) is 17.6 Å². The lowest BCUT2D eigenvalue weighted by atomic mass is 9.80. The van der Waals surface area contributed by atoms with Crippen LogP contribution in [0.2, 0.25) is 0 Å². The zero-order chi connectivity index (χ0) is 23.5. The van der Waals surface area contributed by atoms with Crippen molar-refractivity contribution in [1.29, 1.82) is 0 Å².